The summed E-state index contributed by atoms with van der Waals surface area (Å²) in [4.78, 5) is 16.5. The third-order valence-electron chi connectivity index (χ3n) is 3.65. The molecule has 1 aromatic heterocycles. The van der Waals surface area contributed by atoms with Crippen molar-refractivity contribution in [2.75, 3.05) is 12.5 Å². The number of fused-ring (bicyclic) bond motifs is 1. The van der Waals surface area contributed by atoms with Gasteiger partial charge < -0.3 is 5.32 Å². The lowest BCUT2D eigenvalue weighted by Crippen LogP contribution is -2.39. The zero-order valence-electron chi connectivity index (χ0n) is 13.6. The Morgan fingerprint density at radius 2 is 1.76 bits per heavy atom. The Morgan fingerprint density at radius 3 is 2.48 bits per heavy atom. The van der Waals surface area contributed by atoms with Crippen LogP contribution in [0.1, 0.15) is 11.6 Å². The van der Waals surface area contributed by atoms with E-state index < -0.39 is 6.04 Å². The maximum Gasteiger partial charge on any atom is 0.260 e. The van der Waals surface area contributed by atoms with Gasteiger partial charge in [-0.1, -0.05) is 36.4 Å². The van der Waals surface area contributed by atoms with E-state index in [1.54, 1.807) is 13.2 Å². The Bertz CT molecular complexity index is 814. The number of hydrogen-bond donors (Lipinski definition) is 3. The first-order chi connectivity index (χ1) is 11.3. The molecule has 0 aliphatic carbocycles. The molecule has 0 unspecified atom stereocenters. The number of hydrazine groups is 1. The van der Waals surface area contributed by atoms with E-state index in [1.807, 2.05) is 60.8 Å². The van der Waals surface area contributed by atoms with Crippen LogP contribution in [-0.2, 0) is 4.79 Å². The van der Waals surface area contributed by atoms with Crippen molar-refractivity contribution in [2.45, 2.75) is 6.04 Å². The number of halogens is 2. The number of rotatable bonds is 5. The monoisotopic (exact) mass is 378 g/mol. The quantitative estimate of drug-likeness (QED) is 0.594. The van der Waals surface area contributed by atoms with Crippen LogP contribution in [0.3, 0.4) is 0 Å². The average Bonchev–Trinajstić information content (AvgIpc) is 2.61. The van der Waals surface area contributed by atoms with Crippen LogP contribution in [0.2, 0.25) is 0 Å². The lowest BCUT2D eigenvalue weighted by molar-refractivity contribution is -0.122. The minimum atomic E-state index is -0.409. The standard InChI is InChI=1S/C18H18N4O.2ClH/c1-19-17(13-5-3-2-4-6-13)18(23)22-21-16-8-7-15-12-20-10-9-14(15)11-16;;/h2-12,17,19,21H,1H3,(H,22,23);2*1H/t17-;;/m1../s1. The molecule has 0 aliphatic heterocycles. The van der Waals surface area contributed by atoms with Crippen molar-refractivity contribution in [1.29, 1.82) is 0 Å². The number of pyridine rings is 1. The third kappa shape index (κ3) is 5.06. The van der Waals surface area contributed by atoms with Gasteiger partial charge in [0.05, 0.1) is 5.69 Å². The summed E-state index contributed by atoms with van der Waals surface area (Å²) in [5.74, 6) is -0.145. The predicted octanol–water partition coefficient (Wildman–Crippen LogP) is 3.48. The van der Waals surface area contributed by atoms with Crippen LogP contribution in [0.15, 0.2) is 67.0 Å². The van der Waals surface area contributed by atoms with E-state index >= 15 is 0 Å². The maximum atomic E-state index is 12.4. The summed E-state index contributed by atoms with van der Waals surface area (Å²) in [6.07, 6.45) is 3.56. The molecule has 0 radical (unpaired) electrons. The molecule has 3 aromatic rings. The second-order valence-corrected chi connectivity index (χ2v) is 5.18. The van der Waals surface area contributed by atoms with Crippen LogP contribution in [0, 0.1) is 0 Å². The summed E-state index contributed by atoms with van der Waals surface area (Å²) in [6, 6.07) is 17.0. The van der Waals surface area contributed by atoms with E-state index in [-0.39, 0.29) is 30.7 Å². The molecular formula is C18H20Cl2N4O. The largest absolute Gasteiger partial charge is 0.305 e. The highest BCUT2D eigenvalue weighted by atomic mass is 35.5. The first-order valence-electron chi connectivity index (χ1n) is 7.40. The highest BCUT2D eigenvalue weighted by molar-refractivity contribution is 5.87. The summed E-state index contributed by atoms with van der Waals surface area (Å²) < 4.78 is 0. The van der Waals surface area contributed by atoms with Crippen molar-refractivity contribution in [3.63, 3.8) is 0 Å². The first kappa shape index (κ1) is 20.7. The molecule has 1 amide bonds. The van der Waals surface area contributed by atoms with Crippen molar-refractivity contribution in [3.8, 4) is 0 Å². The minimum Gasteiger partial charge on any atom is -0.305 e. The second-order valence-electron chi connectivity index (χ2n) is 5.18. The zero-order chi connectivity index (χ0) is 16.1. The van der Waals surface area contributed by atoms with Crippen LogP contribution in [0.4, 0.5) is 5.69 Å². The molecular weight excluding hydrogens is 359 g/mol. The summed E-state index contributed by atoms with van der Waals surface area (Å²) in [6.45, 7) is 0. The molecule has 0 bridgehead atoms. The molecule has 7 heteroatoms. The van der Waals surface area contributed by atoms with Gasteiger partial charge >= 0.3 is 0 Å². The Balaban J connectivity index is 0.00000156. The van der Waals surface area contributed by atoms with Gasteiger partial charge in [-0.15, -0.1) is 24.8 Å². The van der Waals surface area contributed by atoms with Gasteiger partial charge in [0.2, 0.25) is 0 Å². The highest BCUT2D eigenvalue weighted by Crippen LogP contribution is 2.17. The molecule has 0 aliphatic rings. The Hall–Kier alpha value is -2.34. The normalized spacial score (nSPS) is 10.9. The van der Waals surface area contributed by atoms with Crippen LogP contribution in [0.5, 0.6) is 0 Å². The van der Waals surface area contributed by atoms with Gasteiger partial charge in [0.15, 0.2) is 0 Å². The Labute approximate surface area is 159 Å². The van der Waals surface area contributed by atoms with E-state index in [9.17, 15) is 4.79 Å². The predicted molar refractivity (Wildman–Crippen MR) is 106 cm³/mol. The number of anilines is 1. The number of nitrogens with zero attached hydrogens (tertiary/aromatic N) is 1. The molecule has 3 rings (SSSR count). The Kier molecular flexibility index (Phi) is 8.15. The van der Waals surface area contributed by atoms with Gasteiger partial charge in [0.25, 0.3) is 5.91 Å². The number of amides is 1. The molecule has 0 saturated heterocycles. The first-order valence-corrected chi connectivity index (χ1v) is 7.40. The summed E-state index contributed by atoms with van der Waals surface area (Å²) in [7, 11) is 1.76. The van der Waals surface area contributed by atoms with E-state index in [0.717, 1.165) is 22.0 Å². The number of carbonyl (C=O) groups is 1. The fraction of sp³-hybridized carbons (Fsp3) is 0.111. The number of aromatic nitrogens is 1. The fourth-order valence-corrected chi connectivity index (χ4v) is 2.46. The van der Waals surface area contributed by atoms with Crippen LogP contribution < -0.4 is 16.2 Å². The minimum absolute atomic E-state index is 0. The molecule has 0 saturated carbocycles. The molecule has 25 heavy (non-hydrogen) atoms. The zero-order valence-corrected chi connectivity index (χ0v) is 15.2. The number of nitrogens with one attached hydrogen (secondary N) is 3. The van der Waals surface area contributed by atoms with Crippen LogP contribution in [-0.4, -0.2) is 17.9 Å². The lowest BCUT2D eigenvalue weighted by Gasteiger charge is -2.17. The van der Waals surface area contributed by atoms with Gasteiger partial charge in [-0.2, -0.15) is 0 Å². The van der Waals surface area contributed by atoms with Crippen molar-refractivity contribution in [1.82, 2.24) is 15.7 Å². The van der Waals surface area contributed by atoms with Crippen molar-refractivity contribution < 1.29 is 4.79 Å². The molecule has 1 atom stereocenters. The molecule has 2 aromatic carbocycles. The number of hydrogen-bond acceptors (Lipinski definition) is 4. The van der Waals surface area contributed by atoms with E-state index in [0.29, 0.717) is 0 Å². The smallest absolute Gasteiger partial charge is 0.260 e. The summed E-state index contributed by atoms with van der Waals surface area (Å²) in [5, 5.41) is 5.14. The summed E-state index contributed by atoms with van der Waals surface area (Å²) >= 11 is 0. The second kappa shape index (κ2) is 9.84. The SMILES string of the molecule is CN[C@@H](C(=O)NNc1ccc2cnccc2c1)c1ccccc1.Cl.Cl. The van der Waals surface area contributed by atoms with Gasteiger partial charge in [0.1, 0.15) is 6.04 Å². The van der Waals surface area contributed by atoms with E-state index in [2.05, 4.69) is 21.2 Å². The van der Waals surface area contributed by atoms with Gasteiger partial charge in [-0.3, -0.25) is 20.6 Å². The van der Waals surface area contributed by atoms with E-state index in [1.165, 1.54) is 0 Å². The maximum absolute atomic E-state index is 12.4. The Morgan fingerprint density at radius 1 is 1.00 bits per heavy atom. The molecule has 5 nitrogen and oxygen atoms in total. The third-order valence-corrected chi connectivity index (χ3v) is 3.65. The molecule has 1 heterocycles. The van der Waals surface area contributed by atoms with Crippen molar-refractivity contribution >= 4 is 47.2 Å². The molecule has 132 valence electrons. The summed E-state index contributed by atoms with van der Waals surface area (Å²) in [5.41, 5.74) is 7.44. The average molecular weight is 379 g/mol. The van der Waals surface area contributed by atoms with Gasteiger partial charge in [0, 0.05) is 17.8 Å². The van der Waals surface area contributed by atoms with E-state index in [4.69, 9.17) is 0 Å². The van der Waals surface area contributed by atoms with Crippen LogP contribution >= 0.6 is 24.8 Å². The number of benzene rings is 2. The molecule has 0 fully saturated rings. The number of likely N-dealkylation sites (N-methyl/N-ethyl adjacent to an activating group) is 1. The highest BCUT2D eigenvalue weighted by Gasteiger charge is 2.17. The number of carbonyl (C=O) groups excluding carboxylic acids is 1. The molecule has 0 spiro atoms. The van der Waals surface area contributed by atoms with Gasteiger partial charge in [-0.05, 0) is 36.2 Å². The van der Waals surface area contributed by atoms with Crippen molar-refractivity contribution in [3.05, 3.63) is 72.6 Å². The van der Waals surface area contributed by atoms with Crippen LogP contribution in [0.25, 0.3) is 10.8 Å². The van der Waals surface area contributed by atoms with Gasteiger partial charge in [-0.25, -0.2) is 0 Å². The molecule has 3 N–H and O–H groups in total. The fourth-order valence-electron chi connectivity index (χ4n) is 2.46. The topological polar surface area (TPSA) is 66.1 Å². The van der Waals surface area contributed by atoms with Crippen molar-refractivity contribution in [2.24, 2.45) is 0 Å². The lowest BCUT2D eigenvalue weighted by atomic mass is 10.1.